The Hall–Kier alpha value is -1.30. The molecule has 3 rings (SSSR count). The zero-order valence-corrected chi connectivity index (χ0v) is 13.1. The van der Waals surface area contributed by atoms with E-state index in [0.29, 0.717) is 22.5 Å². The second kappa shape index (κ2) is 6.22. The lowest BCUT2D eigenvalue weighted by molar-refractivity contribution is -0.119. The highest BCUT2D eigenvalue weighted by Crippen LogP contribution is 2.49. The first kappa shape index (κ1) is 14.6. The fraction of sp³-hybridized carbons (Fsp3) is 0.667. The van der Waals surface area contributed by atoms with E-state index >= 15 is 0 Å². The molecule has 2 aliphatic rings. The summed E-state index contributed by atoms with van der Waals surface area (Å²) in [6.45, 7) is 2.14. The molecule has 114 valence electrons. The smallest absolute Gasteiger partial charge is 0.230 e. The molecule has 0 radical (unpaired) electrons. The highest BCUT2D eigenvalue weighted by molar-refractivity contribution is 8.00. The maximum atomic E-state index is 12.1. The summed E-state index contributed by atoms with van der Waals surface area (Å²) in [5, 5.41) is 3.77. The summed E-state index contributed by atoms with van der Waals surface area (Å²) in [4.78, 5) is 20.2. The molecule has 2 aliphatic carbocycles. The van der Waals surface area contributed by atoms with Gasteiger partial charge in [0, 0.05) is 18.4 Å². The summed E-state index contributed by atoms with van der Waals surface area (Å²) >= 11 is 1.34. The van der Waals surface area contributed by atoms with Gasteiger partial charge in [-0.25, -0.2) is 9.97 Å². The molecule has 21 heavy (non-hydrogen) atoms. The van der Waals surface area contributed by atoms with Crippen LogP contribution in [0.4, 0.5) is 5.82 Å². The SMILES string of the molecule is CC(NC(=O)CSc1nccnc1N)C1CC2CCC1C2. The van der Waals surface area contributed by atoms with Crippen LogP contribution in [0, 0.1) is 17.8 Å². The molecule has 1 aromatic rings. The molecule has 0 aromatic carbocycles. The van der Waals surface area contributed by atoms with E-state index < -0.39 is 0 Å². The molecule has 0 spiro atoms. The summed E-state index contributed by atoms with van der Waals surface area (Å²) in [6.07, 6.45) is 8.54. The van der Waals surface area contributed by atoms with Crippen molar-refractivity contribution in [2.75, 3.05) is 11.5 Å². The topological polar surface area (TPSA) is 80.9 Å². The molecule has 1 amide bonds. The van der Waals surface area contributed by atoms with Gasteiger partial charge in [-0.3, -0.25) is 4.79 Å². The maximum absolute atomic E-state index is 12.1. The first-order chi connectivity index (χ1) is 10.1. The second-order valence-electron chi connectivity index (χ2n) is 6.23. The average molecular weight is 306 g/mol. The zero-order chi connectivity index (χ0) is 14.8. The maximum Gasteiger partial charge on any atom is 0.230 e. The fourth-order valence-corrected chi connectivity index (χ4v) is 4.58. The average Bonchev–Trinajstić information content (AvgIpc) is 3.09. The van der Waals surface area contributed by atoms with Gasteiger partial charge in [-0.2, -0.15) is 0 Å². The van der Waals surface area contributed by atoms with Crippen LogP contribution in [0.25, 0.3) is 0 Å². The molecule has 0 aliphatic heterocycles. The van der Waals surface area contributed by atoms with Crippen molar-refractivity contribution in [3.63, 3.8) is 0 Å². The number of hydrogen-bond donors (Lipinski definition) is 2. The van der Waals surface area contributed by atoms with Gasteiger partial charge < -0.3 is 11.1 Å². The van der Waals surface area contributed by atoms with Crippen LogP contribution < -0.4 is 11.1 Å². The molecule has 2 fully saturated rings. The number of hydrogen-bond acceptors (Lipinski definition) is 5. The van der Waals surface area contributed by atoms with Gasteiger partial charge in [0.05, 0.1) is 5.75 Å². The van der Waals surface area contributed by atoms with E-state index in [1.165, 1.54) is 37.4 Å². The van der Waals surface area contributed by atoms with Gasteiger partial charge in [0.1, 0.15) is 5.03 Å². The van der Waals surface area contributed by atoms with Crippen molar-refractivity contribution < 1.29 is 4.79 Å². The lowest BCUT2D eigenvalue weighted by Gasteiger charge is -2.28. The largest absolute Gasteiger partial charge is 0.381 e. The molecule has 6 heteroatoms. The molecule has 1 aromatic heterocycles. The minimum absolute atomic E-state index is 0.0559. The van der Waals surface area contributed by atoms with Gasteiger partial charge in [-0.15, -0.1) is 0 Å². The summed E-state index contributed by atoms with van der Waals surface area (Å²) < 4.78 is 0. The minimum Gasteiger partial charge on any atom is -0.381 e. The zero-order valence-electron chi connectivity index (χ0n) is 12.3. The molecule has 3 N–H and O–H groups in total. The first-order valence-corrected chi connectivity index (χ1v) is 8.60. The van der Waals surface area contributed by atoms with E-state index in [9.17, 15) is 4.79 Å². The Balaban J connectivity index is 1.47. The monoisotopic (exact) mass is 306 g/mol. The number of rotatable bonds is 5. The van der Waals surface area contributed by atoms with Crippen molar-refractivity contribution >= 4 is 23.5 Å². The van der Waals surface area contributed by atoms with E-state index in [0.717, 1.165) is 11.8 Å². The van der Waals surface area contributed by atoms with Crippen LogP contribution in [-0.4, -0.2) is 27.7 Å². The number of aromatic nitrogens is 2. The van der Waals surface area contributed by atoms with Gasteiger partial charge in [0.25, 0.3) is 0 Å². The summed E-state index contributed by atoms with van der Waals surface area (Å²) in [5.41, 5.74) is 5.72. The minimum atomic E-state index is 0.0559. The van der Waals surface area contributed by atoms with Crippen molar-refractivity contribution in [3.05, 3.63) is 12.4 Å². The molecule has 0 saturated heterocycles. The summed E-state index contributed by atoms with van der Waals surface area (Å²) in [5.74, 6) is 3.19. The highest BCUT2D eigenvalue weighted by Gasteiger charge is 2.42. The van der Waals surface area contributed by atoms with Gasteiger partial charge in [0.15, 0.2) is 5.82 Å². The molecule has 4 atom stereocenters. The van der Waals surface area contributed by atoms with E-state index in [1.807, 2.05) is 0 Å². The number of carbonyl (C=O) groups is 1. The second-order valence-corrected chi connectivity index (χ2v) is 7.19. The lowest BCUT2D eigenvalue weighted by atomic mass is 9.84. The number of nitrogen functional groups attached to an aromatic ring is 1. The molecule has 1 heterocycles. The van der Waals surface area contributed by atoms with Gasteiger partial charge in [0.2, 0.25) is 5.91 Å². The summed E-state index contributed by atoms with van der Waals surface area (Å²) in [6, 6.07) is 0.271. The normalized spacial score (nSPS) is 28.5. The number of amides is 1. The Morgan fingerprint density at radius 3 is 2.90 bits per heavy atom. The fourth-order valence-electron chi connectivity index (χ4n) is 3.89. The van der Waals surface area contributed by atoms with Crippen LogP contribution in [-0.2, 0) is 4.79 Å². The Labute approximate surface area is 129 Å². The van der Waals surface area contributed by atoms with Crippen molar-refractivity contribution in [3.8, 4) is 0 Å². The van der Waals surface area contributed by atoms with Crippen LogP contribution >= 0.6 is 11.8 Å². The van der Waals surface area contributed by atoms with Crippen LogP contribution in [0.2, 0.25) is 0 Å². The number of nitrogens with two attached hydrogens (primary N) is 1. The van der Waals surface area contributed by atoms with Crippen molar-refractivity contribution in [1.29, 1.82) is 0 Å². The molecular weight excluding hydrogens is 284 g/mol. The highest BCUT2D eigenvalue weighted by atomic mass is 32.2. The Morgan fingerprint density at radius 2 is 2.24 bits per heavy atom. The number of fused-ring (bicyclic) bond motifs is 2. The van der Waals surface area contributed by atoms with Crippen molar-refractivity contribution in [1.82, 2.24) is 15.3 Å². The number of carbonyl (C=O) groups excluding carboxylic acids is 1. The third-order valence-corrected chi connectivity index (χ3v) is 5.85. The van der Waals surface area contributed by atoms with E-state index in [-0.39, 0.29) is 11.9 Å². The Kier molecular flexibility index (Phi) is 4.33. The Morgan fingerprint density at radius 1 is 1.43 bits per heavy atom. The van der Waals surface area contributed by atoms with Crippen LogP contribution in [0.1, 0.15) is 32.6 Å². The predicted octanol–water partition coefficient (Wildman–Crippen LogP) is 2.09. The van der Waals surface area contributed by atoms with Crippen molar-refractivity contribution in [2.24, 2.45) is 17.8 Å². The lowest BCUT2D eigenvalue weighted by Crippen LogP contribution is -2.40. The molecule has 5 nitrogen and oxygen atoms in total. The third kappa shape index (κ3) is 3.31. The molecule has 2 bridgehead atoms. The molecule has 2 saturated carbocycles. The van der Waals surface area contributed by atoms with Crippen molar-refractivity contribution in [2.45, 2.75) is 43.7 Å². The van der Waals surface area contributed by atoms with Crippen LogP contribution in [0.5, 0.6) is 0 Å². The Bertz CT molecular complexity index is 524. The molecule has 4 unspecified atom stereocenters. The van der Waals surface area contributed by atoms with Gasteiger partial charge in [-0.1, -0.05) is 18.2 Å². The number of anilines is 1. The van der Waals surface area contributed by atoms with Gasteiger partial charge >= 0.3 is 0 Å². The summed E-state index contributed by atoms with van der Waals surface area (Å²) in [7, 11) is 0. The quantitative estimate of drug-likeness (QED) is 0.814. The van der Waals surface area contributed by atoms with Gasteiger partial charge in [-0.05, 0) is 43.9 Å². The number of thioether (sulfide) groups is 1. The van der Waals surface area contributed by atoms with E-state index in [1.54, 1.807) is 12.4 Å². The van der Waals surface area contributed by atoms with E-state index in [2.05, 4.69) is 22.2 Å². The third-order valence-electron chi connectivity index (χ3n) is 4.85. The standard InChI is InChI=1S/C15H22N4OS/c1-9(12-7-10-2-3-11(12)6-10)19-13(20)8-21-15-14(16)17-4-5-18-15/h4-5,9-12H,2-3,6-8H2,1H3,(H2,16,17)(H,19,20). The van der Waals surface area contributed by atoms with Crippen LogP contribution in [0.15, 0.2) is 17.4 Å². The van der Waals surface area contributed by atoms with Crippen LogP contribution in [0.3, 0.4) is 0 Å². The first-order valence-electron chi connectivity index (χ1n) is 7.62. The van der Waals surface area contributed by atoms with E-state index in [4.69, 9.17) is 5.73 Å². The molecular formula is C15H22N4OS. The number of nitrogens with zero attached hydrogens (tertiary/aromatic N) is 2. The number of nitrogens with one attached hydrogen (secondary N) is 1. The predicted molar refractivity (Wildman–Crippen MR) is 83.7 cm³/mol.